The van der Waals surface area contributed by atoms with Gasteiger partial charge in [0.2, 0.25) is 0 Å². The summed E-state index contributed by atoms with van der Waals surface area (Å²) in [6.45, 7) is 9.78. The van der Waals surface area contributed by atoms with Crippen LogP contribution >= 0.6 is 0 Å². The molecule has 0 aromatic heterocycles. The molecule has 0 spiro atoms. The van der Waals surface area contributed by atoms with Crippen molar-refractivity contribution in [1.82, 2.24) is 0 Å². The number of carbonyl (C=O) groups excluding carboxylic acids is 1. The van der Waals surface area contributed by atoms with Crippen LogP contribution in [-0.2, 0) is 17.6 Å². The molecule has 1 rings (SSSR count). The monoisotopic (exact) mass is 292 g/mol. The Morgan fingerprint density at radius 3 is 2.00 bits per heavy atom. The average Bonchev–Trinajstić information content (AvgIpc) is 2.33. The Balaban J connectivity index is 2.98. The van der Waals surface area contributed by atoms with Gasteiger partial charge in [-0.05, 0) is 56.9 Å². The van der Waals surface area contributed by atoms with Crippen LogP contribution < -0.4 is 11.1 Å². The highest BCUT2D eigenvalue weighted by Crippen LogP contribution is 2.26. The molecule has 0 fully saturated rings. The van der Waals surface area contributed by atoms with Crippen molar-refractivity contribution in [3.63, 3.8) is 0 Å². The summed E-state index contributed by atoms with van der Waals surface area (Å²) in [5.74, 6) is 0. The minimum atomic E-state index is -0.504. The predicted octanol–water partition coefficient (Wildman–Crippen LogP) is 4.52. The molecular weight excluding hydrogens is 264 g/mol. The van der Waals surface area contributed by atoms with Gasteiger partial charge < -0.3 is 10.5 Å². The maximum absolute atomic E-state index is 11.9. The average molecular weight is 292 g/mol. The Labute approximate surface area is 128 Å². The molecule has 0 aliphatic heterocycles. The first kappa shape index (κ1) is 17.3. The summed E-state index contributed by atoms with van der Waals surface area (Å²) >= 11 is 0. The number of nitrogens with two attached hydrogens (primary N) is 1. The van der Waals surface area contributed by atoms with Gasteiger partial charge in [-0.25, -0.2) is 4.79 Å². The van der Waals surface area contributed by atoms with Crippen LogP contribution in [0, 0.1) is 0 Å². The van der Waals surface area contributed by atoms with E-state index in [0.717, 1.165) is 48.2 Å². The lowest BCUT2D eigenvalue weighted by Crippen LogP contribution is -2.27. The van der Waals surface area contributed by atoms with Crippen LogP contribution in [0.3, 0.4) is 0 Å². The van der Waals surface area contributed by atoms with Crippen molar-refractivity contribution in [3.8, 4) is 0 Å². The maximum Gasteiger partial charge on any atom is 0.412 e. The van der Waals surface area contributed by atoms with E-state index in [-0.39, 0.29) is 0 Å². The molecule has 0 atom stereocenters. The lowest BCUT2D eigenvalue weighted by molar-refractivity contribution is 0.0636. The zero-order valence-electron chi connectivity index (χ0n) is 13.9. The molecule has 0 unspecified atom stereocenters. The first-order valence-corrected chi connectivity index (χ1v) is 7.68. The van der Waals surface area contributed by atoms with E-state index in [4.69, 9.17) is 10.5 Å². The van der Waals surface area contributed by atoms with Crippen LogP contribution in [0.2, 0.25) is 0 Å². The smallest absolute Gasteiger partial charge is 0.412 e. The fourth-order valence-corrected chi connectivity index (χ4v) is 2.22. The fraction of sp³-hybridized carbons (Fsp3) is 0.588. The molecule has 3 N–H and O–H groups in total. The van der Waals surface area contributed by atoms with Gasteiger partial charge in [-0.1, -0.05) is 26.7 Å². The SMILES string of the molecule is CCCc1cc(NC(=O)OC(C)(C)C)cc(CCC)c1N. The summed E-state index contributed by atoms with van der Waals surface area (Å²) in [6.07, 6.45) is 3.42. The first-order valence-electron chi connectivity index (χ1n) is 7.68. The maximum atomic E-state index is 11.9. The third-order valence-electron chi connectivity index (χ3n) is 3.04. The van der Waals surface area contributed by atoms with E-state index in [2.05, 4.69) is 19.2 Å². The lowest BCUT2D eigenvalue weighted by atomic mass is 9.99. The molecule has 21 heavy (non-hydrogen) atoms. The molecule has 4 heteroatoms. The summed E-state index contributed by atoms with van der Waals surface area (Å²) in [6, 6.07) is 3.89. The number of aryl methyl sites for hydroxylation is 2. The largest absolute Gasteiger partial charge is 0.444 e. The molecule has 1 amide bonds. The molecule has 0 saturated carbocycles. The molecule has 0 saturated heterocycles. The molecule has 0 aliphatic carbocycles. The number of nitrogen functional groups attached to an aromatic ring is 1. The van der Waals surface area contributed by atoms with Crippen molar-refractivity contribution in [3.05, 3.63) is 23.3 Å². The van der Waals surface area contributed by atoms with Gasteiger partial charge in [-0.3, -0.25) is 5.32 Å². The van der Waals surface area contributed by atoms with Crippen molar-refractivity contribution in [2.24, 2.45) is 0 Å². The summed E-state index contributed by atoms with van der Waals surface area (Å²) in [4.78, 5) is 11.9. The van der Waals surface area contributed by atoms with E-state index >= 15 is 0 Å². The highest BCUT2D eigenvalue weighted by molar-refractivity contribution is 5.86. The van der Waals surface area contributed by atoms with Crippen LogP contribution in [0.25, 0.3) is 0 Å². The van der Waals surface area contributed by atoms with Gasteiger partial charge >= 0.3 is 6.09 Å². The number of amides is 1. The number of benzene rings is 1. The number of anilines is 2. The summed E-state index contributed by atoms with van der Waals surface area (Å²) in [7, 11) is 0. The number of rotatable bonds is 5. The Morgan fingerprint density at radius 2 is 1.62 bits per heavy atom. The highest BCUT2D eigenvalue weighted by atomic mass is 16.6. The van der Waals surface area contributed by atoms with E-state index in [9.17, 15) is 4.79 Å². The van der Waals surface area contributed by atoms with Crippen molar-refractivity contribution in [2.75, 3.05) is 11.1 Å². The summed E-state index contributed by atoms with van der Waals surface area (Å²) in [5.41, 5.74) is 9.50. The standard InChI is InChI=1S/C17H28N2O2/c1-6-8-12-10-14(11-13(9-7-2)15(12)18)19-16(20)21-17(3,4)5/h10-11H,6-9,18H2,1-5H3,(H,19,20). The number of hydrogen-bond acceptors (Lipinski definition) is 3. The third kappa shape index (κ3) is 5.66. The van der Waals surface area contributed by atoms with Crippen LogP contribution in [0.4, 0.5) is 16.2 Å². The second kappa shape index (κ2) is 7.34. The van der Waals surface area contributed by atoms with E-state index in [1.165, 1.54) is 0 Å². The lowest BCUT2D eigenvalue weighted by Gasteiger charge is -2.20. The highest BCUT2D eigenvalue weighted by Gasteiger charge is 2.17. The van der Waals surface area contributed by atoms with E-state index in [0.29, 0.717) is 0 Å². The first-order chi connectivity index (χ1) is 9.76. The zero-order valence-corrected chi connectivity index (χ0v) is 13.9. The fourth-order valence-electron chi connectivity index (χ4n) is 2.22. The Kier molecular flexibility index (Phi) is 6.06. The van der Waals surface area contributed by atoms with Gasteiger partial charge in [0.05, 0.1) is 0 Å². The van der Waals surface area contributed by atoms with E-state index < -0.39 is 11.7 Å². The molecule has 118 valence electrons. The van der Waals surface area contributed by atoms with Crippen LogP contribution in [0.5, 0.6) is 0 Å². The molecule has 1 aromatic rings. The zero-order chi connectivity index (χ0) is 16.0. The minimum Gasteiger partial charge on any atom is -0.444 e. The Bertz CT molecular complexity index is 463. The predicted molar refractivity (Wildman–Crippen MR) is 88.7 cm³/mol. The van der Waals surface area contributed by atoms with Crippen molar-refractivity contribution in [1.29, 1.82) is 0 Å². The Morgan fingerprint density at radius 1 is 1.14 bits per heavy atom. The number of hydrogen-bond donors (Lipinski definition) is 2. The van der Waals surface area contributed by atoms with Crippen LogP contribution in [0.1, 0.15) is 58.6 Å². The molecule has 0 aliphatic rings. The minimum absolute atomic E-state index is 0.433. The second-order valence-electron chi connectivity index (χ2n) is 6.34. The summed E-state index contributed by atoms with van der Waals surface area (Å²) < 4.78 is 5.29. The molecule has 1 aromatic carbocycles. The van der Waals surface area contributed by atoms with Gasteiger partial charge in [-0.15, -0.1) is 0 Å². The van der Waals surface area contributed by atoms with Crippen LogP contribution in [-0.4, -0.2) is 11.7 Å². The van der Waals surface area contributed by atoms with Crippen molar-refractivity contribution < 1.29 is 9.53 Å². The normalized spacial score (nSPS) is 11.3. The van der Waals surface area contributed by atoms with E-state index in [1.54, 1.807) is 0 Å². The van der Waals surface area contributed by atoms with Gasteiger partial charge in [0.25, 0.3) is 0 Å². The molecule has 0 bridgehead atoms. The van der Waals surface area contributed by atoms with Gasteiger partial charge in [0.1, 0.15) is 5.60 Å². The quantitative estimate of drug-likeness (QED) is 0.784. The molecule has 0 heterocycles. The van der Waals surface area contributed by atoms with Gasteiger partial charge in [0.15, 0.2) is 0 Å². The number of carbonyl (C=O) groups is 1. The summed E-state index contributed by atoms with van der Waals surface area (Å²) in [5, 5.41) is 2.81. The van der Waals surface area contributed by atoms with Crippen LogP contribution in [0.15, 0.2) is 12.1 Å². The number of nitrogens with one attached hydrogen (secondary N) is 1. The van der Waals surface area contributed by atoms with Gasteiger partial charge in [0, 0.05) is 11.4 Å². The number of ether oxygens (including phenoxy) is 1. The molecule has 0 radical (unpaired) electrons. The third-order valence-corrected chi connectivity index (χ3v) is 3.04. The van der Waals surface area contributed by atoms with Crippen molar-refractivity contribution in [2.45, 2.75) is 65.9 Å². The van der Waals surface area contributed by atoms with Crippen molar-refractivity contribution >= 4 is 17.5 Å². The second-order valence-corrected chi connectivity index (χ2v) is 6.34. The van der Waals surface area contributed by atoms with Gasteiger partial charge in [-0.2, -0.15) is 0 Å². The van der Waals surface area contributed by atoms with E-state index in [1.807, 2.05) is 32.9 Å². The topological polar surface area (TPSA) is 64.3 Å². The molecular formula is C17H28N2O2. The Hall–Kier alpha value is -1.71. The molecule has 4 nitrogen and oxygen atoms in total.